The normalized spacial score (nSPS) is 20.6. The molecule has 1 saturated heterocycles. The molecule has 1 aromatic rings. The Morgan fingerprint density at radius 3 is 2.33 bits per heavy atom. The molecule has 3 rings (SSSR count). The smallest absolute Gasteiger partial charge is 0.254 e. The minimum Gasteiger partial charge on any atom is -0.339 e. The van der Waals surface area contributed by atoms with Gasteiger partial charge in [-0.2, -0.15) is 4.31 Å². The van der Waals surface area contributed by atoms with Crippen LogP contribution in [0.2, 0.25) is 0 Å². The average Bonchev–Trinajstić information content (AvgIpc) is 2.68. The molecule has 150 valence electrons. The summed E-state index contributed by atoms with van der Waals surface area (Å²) in [6, 6.07) is 5.21. The van der Waals surface area contributed by atoms with Crippen molar-refractivity contribution in [2.75, 3.05) is 40.3 Å². The van der Waals surface area contributed by atoms with Crippen LogP contribution in [0.4, 0.5) is 0 Å². The molecule has 1 saturated carbocycles. The second-order valence-corrected chi connectivity index (χ2v) is 9.83. The van der Waals surface area contributed by atoms with Gasteiger partial charge < -0.3 is 9.80 Å². The molecule has 0 unspecified atom stereocenters. The summed E-state index contributed by atoms with van der Waals surface area (Å²) in [6.07, 6.45) is 5.59. The topological polar surface area (TPSA) is 60.9 Å². The molecule has 1 heterocycles. The van der Waals surface area contributed by atoms with E-state index < -0.39 is 10.0 Å². The van der Waals surface area contributed by atoms with Gasteiger partial charge in [-0.05, 0) is 44.5 Å². The lowest BCUT2D eigenvalue weighted by molar-refractivity contribution is 0.0695. The average molecular weight is 394 g/mol. The molecule has 7 heteroatoms. The Bertz CT molecular complexity index is 780. The van der Waals surface area contributed by atoms with Crippen molar-refractivity contribution >= 4 is 15.9 Å². The number of piperazine rings is 1. The summed E-state index contributed by atoms with van der Waals surface area (Å²) >= 11 is 0. The number of carbonyl (C=O) groups is 1. The zero-order valence-corrected chi connectivity index (χ0v) is 17.5. The van der Waals surface area contributed by atoms with E-state index in [0.717, 1.165) is 44.3 Å². The number of likely N-dealkylation sites (N-methyl/N-ethyl adjacent to an activating group) is 1. The third kappa shape index (κ3) is 4.36. The van der Waals surface area contributed by atoms with Gasteiger partial charge in [0, 0.05) is 44.8 Å². The summed E-state index contributed by atoms with van der Waals surface area (Å²) in [4.78, 5) is 17.2. The van der Waals surface area contributed by atoms with E-state index >= 15 is 0 Å². The molecule has 0 radical (unpaired) electrons. The minimum absolute atomic E-state index is 0.0742. The lowest BCUT2D eigenvalue weighted by Gasteiger charge is -2.32. The molecule has 0 bridgehead atoms. The van der Waals surface area contributed by atoms with Crippen molar-refractivity contribution in [1.29, 1.82) is 0 Å². The van der Waals surface area contributed by atoms with E-state index in [1.807, 2.05) is 25.9 Å². The first-order valence-electron chi connectivity index (χ1n) is 9.87. The zero-order chi connectivity index (χ0) is 19.6. The molecule has 2 fully saturated rings. The van der Waals surface area contributed by atoms with Crippen molar-refractivity contribution in [3.05, 3.63) is 29.3 Å². The fraction of sp³-hybridized carbons (Fsp3) is 0.650. The summed E-state index contributed by atoms with van der Waals surface area (Å²) in [5.74, 6) is -0.0742. The van der Waals surface area contributed by atoms with E-state index in [1.54, 1.807) is 18.2 Å². The fourth-order valence-corrected chi connectivity index (χ4v) is 5.44. The predicted octanol–water partition coefficient (Wildman–Crippen LogP) is 2.34. The van der Waals surface area contributed by atoms with Crippen molar-refractivity contribution in [2.24, 2.45) is 0 Å². The third-order valence-corrected chi connectivity index (χ3v) is 7.88. The second-order valence-electron chi connectivity index (χ2n) is 7.89. The number of hydrogen-bond donors (Lipinski definition) is 0. The first-order valence-corrected chi connectivity index (χ1v) is 11.3. The van der Waals surface area contributed by atoms with E-state index in [0.29, 0.717) is 18.7 Å². The molecular formula is C20H31N3O3S. The number of nitrogens with zero attached hydrogens (tertiary/aromatic N) is 3. The number of rotatable bonds is 4. The molecule has 1 amide bonds. The van der Waals surface area contributed by atoms with Gasteiger partial charge in [-0.3, -0.25) is 4.79 Å². The quantitative estimate of drug-likeness (QED) is 0.788. The molecule has 6 nitrogen and oxygen atoms in total. The van der Waals surface area contributed by atoms with Crippen LogP contribution >= 0.6 is 0 Å². The number of aryl methyl sites for hydroxylation is 1. The van der Waals surface area contributed by atoms with Crippen molar-refractivity contribution in [3.8, 4) is 0 Å². The Labute approximate surface area is 163 Å². The zero-order valence-electron chi connectivity index (χ0n) is 16.6. The molecule has 0 atom stereocenters. The van der Waals surface area contributed by atoms with Crippen LogP contribution in [-0.4, -0.2) is 74.7 Å². The summed E-state index contributed by atoms with van der Waals surface area (Å²) in [6.45, 7) is 4.28. The maximum Gasteiger partial charge on any atom is 0.254 e. The van der Waals surface area contributed by atoms with Gasteiger partial charge in [0.05, 0.1) is 4.90 Å². The SMILES string of the molecule is Cc1ccc(S(=O)(=O)N2CCN(C)CC2)cc1C(=O)N(C)C1CCCCC1. The summed E-state index contributed by atoms with van der Waals surface area (Å²) in [5, 5.41) is 0. The molecule has 1 aromatic carbocycles. The first-order chi connectivity index (χ1) is 12.8. The standard InChI is InChI=1S/C20H31N3O3S/c1-16-9-10-18(27(25,26)23-13-11-21(2)12-14-23)15-19(16)20(24)22(3)17-7-5-4-6-8-17/h9-10,15,17H,4-8,11-14H2,1-3H3. The number of sulfonamides is 1. The van der Waals surface area contributed by atoms with Crippen LogP contribution in [0, 0.1) is 6.92 Å². The molecule has 0 aromatic heterocycles. The van der Waals surface area contributed by atoms with Crippen molar-refractivity contribution in [2.45, 2.75) is 50.0 Å². The Hall–Kier alpha value is -1.44. The maximum absolute atomic E-state index is 13.1. The van der Waals surface area contributed by atoms with Gasteiger partial charge in [0.15, 0.2) is 0 Å². The maximum atomic E-state index is 13.1. The fourth-order valence-electron chi connectivity index (χ4n) is 3.99. The lowest BCUT2D eigenvalue weighted by atomic mass is 9.94. The van der Waals surface area contributed by atoms with Gasteiger partial charge in [0.1, 0.15) is 0 Å². The summed E-state index contributed by atoms with van der Waals surface area (Å²) < 4.78 is 27.6. The van der Waals surface area contributed by atoms with Crippen molar-refractivity contribution in [1.82, 2.24) is 14.1 Å². The monoisotopic (exact) mass is 393 g/mol. The van der Waals surface area contributed by atoms with Crippen LogP contribution in [0.3, 0.4) is 0 Å². The highest BCUT2D eigenvalue weighted by Crippen LogP contribution is 2.25. The van der Waals surface area contributed by atoms with Gasteiger partial charge >= 0.3 is 0 Å². The minimum atomic E-state index is -3.57. The lowest BCUT2D eigenvalue weighted by Crippen LogP contribution is -2.47. The van der Waals surface area contributed by atoms with Crippen LogP contribution in [0.25, 0.3) is 0 Å². The second kappa shape index (κ2) is 8.29. The van der Waals surface area contributed by atoms with E-state index in [-0.39, 0.29) is 16.8 Å². The van der Waals surface area contributed by atoms with E-state index in [9.17, 15) is 13.2 Å². The van der Waals surface area contributed by atoms with E-state index in [1.165, 1.54) is 10.7 Å². The van der Waals surface area contributed by atoms with Crippen molar-refractivity contribution < 1.29 is 13.2 Å². The predicted molar refractivity (Wildman–Crippen MR) is 106 cm³/mol. The third-order valence-electron chi connectivity index (χ3n) is 5.98. The van der Waals surface area contributed by atoms with Crippen LogP contribution in [0.1, 0.15) is 48.0 Å². The van der Waals surface area contributed by atoms with Crippen LogP contribution in [0.5, 0.6) is 0 Å². The number of benzene rings is 1. The van der Waals surface area contributed by atoms with Gasteiger partial charge in [-0.1, -0.05) is 25.3 Å². The molecule has 1 aliphatic heterocycles. The van der Waals surface area contributed by atoms with E-state index in [2.05, 4.69) is 4.90 Å². The molecule has 0 spiro atoms. The van der Waals surface area contributed by atoms with Gasteiger partial charge in [-0.25, -0.2) is 8.42 Å². The van der Waals surface area contributed by atoms with Gasteiger partial charge in [0.25, 0.3) is 5.91 Å². The number of carbonyl (C=O) groups excluding carboxylic acids is 1. The van der Waals surface area contributed by atoms with E-state index in [4.69, 9.17) is 0 Å². The Balaban J connectivity index is 1.84. The van der Waals surface area contributed by atoms with Crippen LogP contribution in [-0.2, 0) is 10.0 Å². The molecule has 0 N–H and O–H groups in total. The Morgan fingerprint density at radius 2 is 1.70 bits per heavy atom. The molecular weight excluding hydrogens is 362 g/mol. The summed E-state index contributed by atoms with van der Waals surface area (Å²) in [5.41, 5.74) is 1.32. The van der Waals surface area contributed by atoms with Crippen LogP contribution in [0.15, 0.2) is 23.1 Å². The first kappa shape index (κ1) is 20.3. The van der Waals surface area contributed by atoms with Gasteiger partial charge in [-0.15, -0.1) is 0 Å². The number of amides is 1. The molecule has 27 heavy (non-hydrogen) atoms. The Kier molecular flexibility index (Phi) is 6.23. The largest absolute Gasteiger partial charge is 0.339 e. The summed E-state index contributed by atoms with van der Waals surface area (Å²) in [7, 11) is 0.268. The molecule has 1 aliphatic carbocycles. The van der Waals surface area contributed by atoms with Gasteiger partial charge in [0.2, 0.25) is 10.0 Å². The number of hydrogen-bond acceptors (Lipinski definition) is 4. The highest BCUT2D eigenvalue weighted by atomic mass is 32.2. The highest BCUT2D eigenvalue weighted by Gasteiger charge is 2.29. The molecule has 2 aliphatic rings. The highest BCUT2D eigenvalue weighted by molar-refractivity contribution is 7.89. The van der Waals surface area contributed by atoms with Crippen molar-refractivity contribution in [3.63, 3.8) is 0 Å². The Morgan fingerprint density at radius 1 is 1.07 bits per heavy atom. The van der Waals surface area contributed by atoms with Crippen LogP contribution < -0.4 is 0 Å².